The lowest BCUT2D eigenvalue weighted by atomic mass is 9.74. The summed E-state index contributed by atoms with van der Waals surface area (Å²) in [5.74, 6) is 0.460. The van der Waals surface area contributed by atoms with Gasteiger partial charge in [0.25, 0.3) is 0 Å². The van der Waals surface area contributed by atoms with Crippen molar-refractivity contribution in [2.45, 2.75) is 44.2 Å². The van der Waals surface area contributed by atoms with E-state index in [2.05, 4.69) is 22.4 Å². The number of nitrogens with zero attached hydrogens (tertiary/aromatic N) is 2. The van der Waals surface area contributed by atoms with Crippen LogP contribution >= 0.6 is 0 Å². The highest BCUT2D eigenvalue weighted by Gasteiger charge is 2.51. The molecule has 2 fully saturated rings. The molecule has 2 N–H and O–H groups in total. The Balaban J connectivity index is 1.56. The number of nitrogens with one attached hydrogen (secondary N) is 1. The molecule has 0 bridgehead atoms. The third kappa shape index (κ3) is 4.17. The number of rotatable bonds is 7. The fraction of sp³-hybridized carbons (Fsp3) is 0.435. The molecule has 4 rings (SSSR count). The SMILES string of the molecule is CC(=O)NC[C@H]1[C@@H](c2ccc(-c3cccnc3)cc2)[C@@H](CO)N1C(=O)CC1CC1. The van der Waals surface area contributed by atoms with Crippen LogP contribution in [0.2, 0.25) is 0 Å². The summed E-state index contributed by atoms with van der Waals surface area (Å²) in [7, 11) is 0. The van der Waals surface area contributed by atoms with Crippen LogP contribution in [-0.2, 0) is 9.59 Å². The van der Waals surface area contributed by atoms with Crippen LogP contribution in [-0.4, -0.2) is 52.0 Å². The second-order valence-electron chi connectivity index (χ2n) is 8.09. The topological polar surface area (TPSA) is 82.5 Å². The van der Waals surface area contributed by atoms with Crippen molar-refractivity contribution in [2.75, 3.05) is 13.2 Å². The van der Waals surface area contributed by atoms with E-state index < -0.39 is 0 Å². The minimum atomic E-state index is -0.246. The van der Waals surface area contributed by atoms with Gasteiger partial charge in [0.15, 0.2) is 0 Å². The molecule has 6 heteroatoms. The zero-order chi connectivity index (χ0) is 20.4. The monoisotopic (exact) mass is 393 g/mol. The molecule has 29 heavy (non-hydrogen) atoms. The van der Waals surface area contributed by atoms with Crippen LogP contribution in [0.1, 0.15) is 37.7 Å². The molecule has 1 aliphatic carbocycles. The Morgan fingerprint density at radius 3 is 2.48 bits per heavy atom. The Kier molecular flexibility index (Phi) is 5.62. The summed E-state index contributed by atoms with van der Waals surface area (Å²) >= 11 is 0. The van der Waals surface area contributed by atoms with Crippen LogP contribution in [0.5, 0.6) is 0 Å². The number of aliphatic hydroxyl groups is 1. The quantitative estimate of drug-likeness (QED) is 0.756. The largest absolute Gasteiger partial charge is 0.394 e. The highest BCUT2D eigenvalue weighted by atomic mass is 16.3. The van der Waals surface area contributed by atoms with Crippen molar-refractivity contribution in [3.05, 3.63) is 54.4 Å². The van der Waals surface area contributed by atoms with Gasteiger partial charge in [-0.25, -0.2) is 0 Å². The van der Waals surface area contributed by atoms with Crippen LogP contribution in [0, 0.1) is 5.92 Å². The van der Waals surface area contributed by atoms with Crippen LogP contribution in [0.25, 0.3) is 11.1 Å². The van der Waals surface area contributed by atoms with Crippen LogP contribution in [0.3, 0.4) is 0 Å². The number of likely N-dealkylation sites (tertiary alicyclic amines) is 1. The van der Waals surface area contributed by atoms with Gasteiger partial charge in [-0.15, -0.1) is 0 Å². The van der Waals surface area contributed by atoms with E-state index in [1.54, 1.807) is 11.1 Å². The Labute approximate surface area is 171 Å². The van der Waals surface area contributed by atoms with Crippen molar-refractivity contribution < 1.29 is 14.7 Å². The van der Waals surface area contributed by atoms with E-state index in [0.717, 1.165) is 29.5 Å². The summed E-state index contributed by atoms with van der Waals surface area (Å²) in [6.07, 6.45) is 6.34. The van der Waals surface area contributed by atoms with Crippen molar-refractivity contribution in [3.8, 4) is 11.1 Å². The molecule has 1 aromatic carbocycles. The molecule has 2 heterocycles. The highest BCUT2D eigenvalue weighted by molar-refractivity contribution is 5.79. The summed E-state index contributed by atoms with van der Waals surface area (Å²) in [6.45, 7) is 1.80. The van der Waals surface area contributed by atoms with Crippen LogP contribution in [0.15, 0.2) is 48.8 Å². The van der Waals surface area contributed by atoms with Gasteiger partial charge >= 0.3 is 0 Å². The van der Waals surface area contributed by atoms with Gasteiger partial charge in [0.05, 0.1) is 18.7 Å². The standard InChI is InChI=1S/C23H27N3O3/c1-15(28)25-13-20-23(21(14-27)26(20)22(29)11-16-4-5-16)18-8-6-17(7-9-18)19-3-2-10-24-12-19/h2-3,6-10,12,16,20-21,23,27H,4-5,11,13-14H2,1H3,(H,25,28)/t20-,21+,23+/m0/s1. The molecule has 1 aliphatic heterocycles. The van der Waals surface area contributed by atoms with E-state index in [9.17, 15) is 14.7 Å². The van der Waals surface area contributed by atoms with E-state index in [1.165, 1.54) is 6.92 Å². The molecule has 1 saturated carbocycles. The zero-order valence-corrected chi connectivity index (χ0v) is 16.6. The van der Waals surface area contributed by atoms with E-state index in [4.69, 9.17) is 0 Å². The zero-order valence-electron chi connectivity index (χ0n) is 16.6. The van der Waals surface area contributed by atoms with Gasteiger partial charge in [-0.2, -0.15) is 0 Å². The van der Waals surface area contributed by atoms with Crippen molar-refractivity contribution >= 4 is 11.8 Å². The van der Waals surface area contributed by atoms with E-state index in [1.807, 2.05) is 30.5 Å². The number of amides is 2. The van der Waals surface area contributed by atoms with Gasteiger partial charge in [-0.05, 0) is 41.5 Å². The van der Waals surface area contributed by atoms with E-state index >= 15 is 0 Å². The molecule has 2 aromatic rings. The number of aliphatic hydroxyl groups excluding tert-OH is 1. The number of carbonyl (C=O) groups excluding carboxylic acids is 2. The number of pyridine rings is 1. The predicted molar refractivity (Wildman–Crippen MR) is 110 cm³/mol. The van der Waals surface area contributed by atoms with E-state index in [-0.39, 0.29) is 36.4 Å². The van der Waals surface area contributed by atoms with Crippen molar-refractivity contribution in [3.63, 3.8) is 0 Å². The maximum Gasteiger partial charge on any atom is 0.223 e. The smallest absolute Gasteiger partial charge is 0.223 e. The third-order valence-corrected chi connectivity index (χ3v) is 6.03. The van der Waals surface area contributed by atoms with Crippen molar-refractivity contribution in [2.24, 2.45) is 5.92 Å². The first-order chi connectivity index (χ1) is 14.1. The van der Waals surface area contributed by atoms with Crippen LogP contribution in [0.4, 0.5) is 0 Å². The average Bonchev–Trinajstić information content (AvgIpc) is 3.52. The number of aromatic nitrogens is 1. The molecule has 1 saturated heterocycles. The Morgan fingerprint density at radius 2 is 1.90 bits per heavy atom. The van der Waals surface area contributed by atoms with Gasteiger partial charge < -0.3 is 15.3 Å². The number of hydrogen-bond donors (Lipinski definition) is 2. The summed E-state index contributed by atoms with van der Waals surface area (Å²) in [6, 6.07) is 11.7. The van der Waals surface area contributed by atoms with Crippen LogP contribution < -0.4 is 5.32 Å². The van der Waals surface area contributed by atoms with Gasteiger partial charge in [0, 0.05) is 38.2 Å². The first-order valence-corrected chi connectivity index (χ1v) is 10.2. The summed E-state index contributed by atoms with van der Waals surface area (Å²) in [5.41, 5.74) is 3.19. The fourth-order valence-corrected chi connectivity index (χ4v) is 4.34. The molecule has 2 aliphatic rings. The Morgan fingerprint density at radius 1 is 1.14 bits per heavy atom. The minimum absolute atomic E-state index is 0.00190. The highest BCUT2D eigenvalue weighted by Crippen LogP contribution is 2.43. The molecule has 2 amide bonds. The second-order valence-corrected chi connectivity index (χ2v) is 8.09. The van der Waals surface area contributed by atoms with Crippen molar-refractivity contribution in [1.82, 2.24) is 15.2 Å². The fourth-order valence-electron chi connectivity index (χ4n) is 4.34. The summed E-state index contributed by atoms with van der Waals surface area (Å²) in [4.78, 5) is 30.3. The first-order valence-electron chi connectivity index (χ1n) is 10.2. The molecule has 1 aromatic heterocycles. The lowest BCUT2D eigenvalue weighted by Crippen LogP contribution is -2.68. The lowest BCUT2D eigenvalue weighted by molar-refractivity contribution is -0.151. The third-order valence-electron chi connectivity index (χ3n) is 6.03. The first kappa shape index (κ1) is 19.6. The number of benzene rings is 1. The maximum atomic E-state index is 12.8. The number of carbonyl (C=O) groups is 2. The Hall–Kier alpha value is -2.73. The predicted octanol–water partition coefficient (Wildman–Crippen LogP) is 2.34. The molecule has 0 radical (unpaired) electrons. The molecule has 0 unspecified atom stereocenters. The van der Waals surface area contributed by atoms with Gasteiger partial charge in [-0.1, -0.05) is 30.3 Å². The molecule has 152 valence electrons. The molecular formula is C23H27N3O3. The van der Waals surface area contributed by atoms with Gasteiger partial charge in [0.2, 0.25) is 11.8 Å². The van der Waals surface area contributed by atoms with Gasteiger partial charge in [0.1, 0.15) is 0 Å². The normalized spacial score (nSPS) is 23.4. The lowest BCUT2D eigenvalue weighted by Gasteiger charge is -2.55. The molecule has 3 atom stereocenters. The maximum absolute atomic E-state index is 12.8. The van der Waals surface area contributed by atoms with Gasteiger partial charge in [-0.3, -0.25) is 14.6 Å². The minimum Gasteiger partial charge on any atom is -0.394 e. The average molecular weight is 393 g/mol. The second kappa shape index (κ2) is 8.33. The number of hydrogen-bond acceptors (Lipinski definition) is 4. The summed E-state index contributed by atoms with van der Waals surface area (Å²) < 4.78 is 0. The molecule has 0 spiro atoms. The Bertz CT molecular complexity index is 865. The van der Waals surface area contributed by atoms with Crippen molar-refractivity contribution in [1.29, 1.82) is 0 Å². The summed E-state index contributed by atoms with van der Waals surface area (Å²) in [5, 5.41) is 12.9. The van der Waals surface area contributed by atoms with E-state index in [0.29, 0.717) is 18.9 Å². The molecular weight excluding hydrogens is 366 g/mol. The molecule has 6 nitrogen and oxygen atoms in total.